The molecule has 0 amide bonds. The van der Waals surface area contributed by atoms with Crippen LogP contribution in [0.25, 0.3) is 0 Å². The van der Waals surface area contributed by atoms with Crippen LogP contribution in [0.15, 0.2) is 60.7 Å². The van der Waals surface area contributed by atoms with Gasteiger partial charge in [0.25, 0.3) is 0 Å². The van der Waals surface area contributed by atoms with Crippen molar-refractivity contribution in [1.82, 2.24) is 0 Å². The van der Waals surface area contributed by atoms with Crippen LogP contribution in [0.4, 0.5) is 0 Å². The smallest absolute Gasteiger partial charge is 0.349 e. The van der Waals surface area contributed by atoms with E-state index >= 15 is 0 Å². The number of benzene rings is 2. The third-order valence-electron chi connectivity index (χ3n) is 3.48. The Morgan fingerprint density at radius 2 is 1.81 bits per heavy atom. The quantitative estimate of drug-likeness (QED) is 0.487. The maximum atomic E-state index is 12.3. The molecule has 0 saturated carbocycles. The highest BCUT2D eigenvalue weighted by Gasteiger charge is 2.17. The van der Waals surface area contributed by atoms with E-state index in [2.05, 4.69) is 0 Å². The molecule has 0 radical (unpaired) electrons. The van der Waals surface area contributed by atoms with Gasteiger partial charge in [-0.05, 0) is 36.4 Å². The minimum atomic E-state index is -1.32. The van der Waals surface area contributed by atoms with E-state index in [1.807, 2.05) is 0 Å². The number of hydrogen-bond donors (Lipinski definition) is 2. The Morgan fingerprint density at radius 1 is 1.11 bits per heavy atom. The van der Waals surface area contributed by atoms with E-state index < -0.39 is 12.1 Å². The van der Waals surface area contributed by atoms with Gasteiger partial charge in [-0.15, -0.1) is 0 Å². The molecule has 7 heteroatoms. The summed E-state index contributed by atoms with van der Waals surface area (Å²) in [6.45, 7) is 0.697. The van der Waals surface area contributed by atoms with Gasteiger partial charge in [-0.25, -0.2) is 4.79 Å². The summed E-state index contributed by atoms with van der Waals surface area (Å²) in [5, 5.41) is 9.34. The Kier molecular flexibility index (Phi) is 7.39. The molecule has 0 fully saturated rings. The van der Waals surface area contributed by atoms with E-state index in [0.29, 0.717) is 36.0 Å². The predicted molar refractivity (Wildman–Crippen MR) is 99.5 cm³/mol. The average molecular weight is 371 g/mol. The van der Waals surface area contributed by atoms with Gasteiger partial charge < -0.3 is 25.1 Å². The number of allylic oxidation sites excluding steroid dienone is 1. The molecule has 1 unspecified atom stereocenters. The number of aliphatic carboxylic acids is 1. The van der Waals surface area contributed by atoms with E-state index in [1.165, 1.54) is 19.3 Å². The highest BCUT2D eigenvalue weighted by atomic mass is 16.5. The summed E-state index contributed by atoms with van der Waals surface area (Å²) in [4.78, 5) is 23.7. The van der Waals surface area contributed by atoms with Crippen LogP contribution in [0, 0.1) is 0 Å². The second kappa shape index (κ2) is 9.98. The van der Waals surface area contributed by atoms with E-state index in [4.69, 9.17) is 19.9 Å². The first-order valence-electron chi connectivity index (χ1n) is 8.22. The van der Waals surface area contributed by atoms with Crippen LogP contribution < -0.4 is 19.9 Å². The molecule has 2 rings (SSSR count). The molecule has 2 aromatic rings. The molecule has 0 spiro atoms. The molecule has 3 N–H and O–H groups in total. The lowest BCUT2D eigenvalue weighted by Crippen LogP contribution is -2.24. The van der Waals surface area contributed by atoms with Crippen molar-refractivity contribution in [3.8, 4) is 17.2 Å². The zero-order valence-electron chi connectivity index (χ0n) is 14.8. The summed E-state index contributed by atoms with van der Waals surface area (Å²) in [5.74, 6) is -0.222. The first-order valence-corrected chi connectivity index (χ1v) is 8.22. The maximum absolute atomic E-state index is 12.3. The molecule has 0 saturated heterocycles. The van der Waals surface area contributed by atoms with E-state index in [1.54, 1.807) is 48.5 Å². The molecule has 0 bridgehead atoms. The average Bonchev–Trinajstić information content (AvgIpc) is 2.69. The van der Waals surface area contributed by atoms with Crippen molar-refractivity contribution in [2.45, 2.75) is 6.10 Å². The topological polar surface area (TPSA) is 108 Å². The van der Waals surface area contributed by atoms with Gasteiger partial charge in [-0.1, -0.05) is 18.2 Å². The summed E-state index contributed by atoms with van der Waals surface area (Å²) >= 11 is 0. The lowest BCUT2D eigenvalue weighted by atomic mass is 10.1. The summed E-state index contributed by atoms with van der Waals surface area (Å²) in [6.07, 6.45) is 1.04. The number of ketones is 1. The summed E-state index contributed by atoms with van der Waals surface area (Å²) < 4.78 is 15.9. The Bertz CT molecular complexity index is 818. The highest BCUT2D eigenvalue weighted by Crippen LogP contribution is 2.20. The minimum Gasteiger partial charge on any atom is -0.497 e. The van der Waals surface area contributed by atoms with E-state index in [9.17, 15) is 14.7 Å². The van der Waals surface area contributed by atoms with Crippen molar-refractivity contribution in [1.29, 1.82) is 0 Å². The van der Waals surface area contributed by atoms with Crippen molar-refractivity contribution >= 4 is 11.8 Å². The van der Waals surface area contributed by atoms with Gasteiger partial charge in [0.2, 0.25) is 6.10 Å². The second-order valence-corrected chi connectivity index (χ2v) is 5.44. The molecule has 27 heavy (non-hydrogen) atoms. The van der Waals surface area contributed by atoms with Gasteiger partial charge in [0, 0.05) is 18.2 Å². The standard InChI is InChI=1S/C20H21NO6/c1-25-15-5-3-7-17(13-15)27-19(20(23)24)9-8-18(22)14-4-2-6-16(12-14)26-11-10-21/h2-9,12-13,19H,10-11,21H2,1H3,(H,23,24). The summed E-state index contributed by atoms with van der Waals surface area (Å²) in [6, 6.07) is 13.1. The third kappa shape index (κ3) is 6.16. The normalized spacial score (nSPS) is 11.8. The molecule has 1 atom stereocenters. The Labute approximate surface area is 157 Å². The van der Waals surface area contributed by atoms with Gasteiger partial charge in [0.1, 0.15) is 23.9 Å². The molecule has 0 aliphatic rings. The first-order chi connectivity index (χ1) is 13.0. The number of rotatable bonds is 10. The maximum Gasteiger partial charge on any atom is 0.349 e. The Balaban J connectivity index is 2.09. The van der Waals surface area contributed by atoms with E-state index in [-0.39, 0.29) is 5.78 Å². The predicted octanol–water partition coefficient (Wildman–Crippen LogP) is 2.30. The number of carbonyl (C=O) groups is 2. The molecule has 0 heterocycles. The minimum absolute atomic E-state index is 0.316. The van der Waals surface area contributed by atoms with Crippen molar-refractivity contribution < 1.29 is 28.9 Å². The second-order valence-electron chi connectivity index (χ2n) is 5.44. The zero-order chi connectivity index (χ0) is 19.6. The summed E-state index contributed by atoms with van der Waals surface area (Å²) in [7, 11) is 1.50. The van der Waals surface area contributed by atoms with Gasteiger partial charge in [-0.3, -0.25) is 4.79 Å². The van der Waals surface area contributed by atoms with Crippen LogP contribution in [-0.2, 0) is 4.79 Å². The van der Waals surface area contributed by atoms with Gasteiger partial charge in [0.15, 0.2) is 5.78 Å². The summed E-state index contributed by atoms with van der Waals surface area (Å²) in [5.41, 5.74) is 5.75. The zero-order valence-corrected chi connectivity index (χ0v) is 14.8. The molecule has 0 aliphatic carbocycles. The number of methoxy groups -OCH3 is 1. The Hall–Kier alpha value is -3.32. The van der Waals surface area contributed by atoms with Gasteiger partial charge in [0.05, 0.1) is 7.11 Å². The van der Waals surface area contributed by atoms with Crippen LogP contribution in [0.5, 0.6) is 17.2 Å². The number of carboxylic acid groups (broad SMARTS) is 1. The SMILES string of the molecule is COc1cccc(OC(C=CC(=O)c2cccc(OCCN)c2)C(=O)O)c1. The molecule has 142 valence electrons. The largest absolute Gasteiger partial charge is 0.497 e. The molecule has 0 aliphatic heterocycles. The van der Waals surface area contributed by atoms with E-state index in [0.717, 1.165) is 0 Å². The first kappa shape index (κ1) is 20.0. The molecule has 7 nitrogen and oxygen atoms in total. The third-order valence-corrected chi connectivity index (χ3v) is 3.48. The fourth-order valence-electron chi connectivity index (χ4n) is 2.18. The number of hydrogen-bond acceptors (Lipinski definition) is 6. The van der Waals surface area contributed by atoms with Crippen LogP contribution >= 0.6 is 0 Å². The molecular weight excluding hydrogens is 350 g/mol. The molecule has 2 aromatic carbocycles. The number of carboxylic acids is 1. The number of carbonyl (C=O) groups excluding carboxylic acids is 1. The lowest BCUT2D eigenvalue weighted by molar-refractivity contribution is -0.142. The number of nitrogens with two attached hydrogens (primary N) is 1. The van der Waals surface area contributed by atoms with Gasteiger partial charge >= 0.3 is 5.97 Å². The van der Waals surface area contributed by atoms with Crippen LogP contribution in [0.2, 0.25) is 0 Å². The number of ether oxygens (including phenoxy) is 3. The Morgan fingerprint density at radius 3 is 2.52 bits per heavy atom. The van der Waals surface area contributed by atoms with Crippen LogP contribution in [0.1, 0.15) is 10.4 Å². The van der Waals surface area contributed by atoms with Gasteiger partial charge in [-0.2, -0.15) is 0 Å². The van der Waals surface area contributed by atoms with Crippen molar-refractivity contribution in [3.63, 3.8) is 0 Å². The van der Waals surface area contributed by atoms with Crippen LogP contribution in [0.3, 0.4) is 0 Å². The van der Waals surface area contributed by atoms with Crippen molar-refractivity contribution in [3.05, 3.63) is 66.2 Å². The van der Waals surface area contributed by atoms with Crippen molar-refractivity contribution in [2.24, 2.45) is 5.73 Å². The monoisotopic (exact) mass is 371 g/mol. The fraction of sp³-hybridized carbons (Fsp3) is 0.200. The van der Waals surface area contributed by atoms with Crippen molar-refractivity contribution in [2.75, 3.05) is 20.3 Å². The fourth-order valence-corrected chi connectivity index (χ4v) is 2.18. The molecular formula is C20H21NO6. The highest BCUT2D eigenvalue weighted by molar-refractivity contribution is 6.05. The lowest BCUT2D eigenvalue weighted by Gasteiger charge is -2.12. The van der Waals surface area contributed by atoms with Crippen LogP contribution in [-0.4, -0.2) is 43.2 Å². The molecule has 0 aromatic heterocycles.